The van der Waals surface area contributed by atoms with Crippen LogP contribution in [-0.4, -0.2) is 46.8 Å². The summed E-state index contributed by atoms with van der Waals surface area (Å²) in [6.07, 6.45) is 5.74. The molecule has 1 aromatic carbocycles. The number of amides is 1. The minimum absolute atomic E-state index is 0. The van der Waals surface area contributed by atoms with Crippen molar-refractivity contribution >= 4 is 18.3 Å². The monoisotopic (exact) mass is 346 g/mol. The molecule has 5 nitrogen and oxygen atoms in total. The fourth-order valence-electron chi connectivity index (χ4n) is 3.76. The summed E-state index contributed by atoms with van der Waals surface area (Å²) in [4.78, 5) is 14.8. The Hall–Kier alpha value is -1.85. The van der Waals surface area contributed by atoms with Gasteiger partial charge in [0.1, 0.15) is 0 Å². The van der Waals surface area contributed by atoms with Crippen molar-refractivity contribution in [2.24, 2.45) is 11.8 Å². The van der Waals surface area contributed by atoms with Gasteiger partial charge in [0.2, 0.25) is 0 Å². The number of rotatable bonds is 2. The summed E-state index contributed by atoms with van der Waals surface area (Å²) in [5.74, 6) is 1.58. The molecule has 4 rings (SSSR count). The highest BCUT2D eigenvalue weighted by molar-refractivity contribution is 5.93. The SMILES string of the molecule is Cl.O=C(c1cnn(-c2ccccc2)c1)N1CC[C@@H]2CNC[C@@H]2CC1. The summed E-state index contributed by atoms with van der Waals surface area (Å²) in [5, 5.41) is 7.81. The Labute approximate surface area is 148 Å². The number of likely N-dealkylation sites (tertiary alicyclic amines) is 1. The van der Waals surface area contributed by atoms with Crippen molar-refractivity contribution in [1.82, 2.24) is 20.0 Å². The number of hydrogen-bond donors (Lipinski definition) is 1. The highest BCUT2D eigenvalue weighted by Crippen LogP contribution is 2.27. The molecule has 0 spiro atoms. The van der Waals surface area contributed by atoms with Crippen molar-refractivity contribution in [3.8, 4) is 5.69 Å². The van der Waals surface area contributed by atoms with E-state index in [2.05, 4.69) is 10.4 Å². The zero-order valence-electron chi connectivity index (χ0n) is 13.6. The van der Waals surface area contributed by atoms with Crippen LogP contribution in [0.1, 0.15) is 23.2 Å². The predicted molar refractivity (Wildman–Crippen MR) is 95.8 cm³/mol. The third-order valence-electron chi connectivity index (χ3n) is 5.16. The van der Waals surface area contributed by atoms with Gasteiger partial charge in [0, 0.05) is 19.3 Å². The van der Waals surface area contributed by atoms with Gasteiger partial charge in [-0.15, -0.1) is 12.4 Å². The highest BCUT2D eigenvalue weighted by Gasteiger charge is 2.31. The molecule has 128 valence electrons. The number of aromatic nitrogens is 2. The first-order valence-electron chi connectivity index (χ1n) is 8.41. The normalized spacial score (nSPS) is 23.2. The summed E-state index contributed by atoms with van der Waals surface area (Å²) in [6.45, 7) is 3.94. The second-order valence-corrected chi connectivity index (χ2v) is 6.56. The van der Waals surface area contributed by atoms with Crippen molar-refractivity contribution in [2.75, 3.05) is 26.2 Å². The molecule has 2 aliphatic heterocycles. The van der Waals surface area contributed by atoms with Crippen LogP contribution in [0, 0.1) is 11.8 Å². The lowest BCUT2D eigenvalue weighted by atomic mass is 9.92. The highest BCUT2D eigenvalue weighted by atomic mass is 35.5. The van der Waals surface area contributed by atoms with E-state index in [1.807, 2.05) is 41.4 Å². The molecule has 2 aliphatic rings. The van der Waals surface area contributed by atoms with Crippen LogP contribution in [0.25, 0.3) is 5.69 Å². The van der Waals surface area contributed by atoms with Gasteiger partial charge in [0.15, 0.2) is 0 Å². The number of para-hydroxylation sites is 1. The van der Waals surface area contributed by atoms with Crippen molar-refractivity contribution < 1.29 is 4.79 Å². The van der Waals surface area contributed by atoms with Gasteiger partial charge in [-0.3, -0.25) is 4.79 Å². The minimum atomic E-state index is 0. The number of hydrogen-bond acceptors (Lipinski definition) is 3. The van der Waals surface area contributed by atoms with E-state index in [1.165, 1.54) is 0 Å². The van der Waals surface area contributed by atoms with Crippen LogP contribution in [-0.2, 0) is 0 Å². The van der Waals surface area contributed by atoms with Crippen molar-refractivity contribution in [3.05, 3.63) is 48.3 Å². The van der Waals surface area contributed by atoms with E-state index in [1.54, 1.807) is 10.9 Å². The zero-order valence-corrected chi connectivity index (χ0v) is 14.4. The number of nitrogens with zero attached hydrogens (tertiary/aromatic N) is 3. The molecule has 3 heterocycles. The van der Waals surface area contributed by atoms with Crippen LogP contribution in [0.4, 0.5) is 0 Å². The predicted octanol–water partition coefficient (Wildman–Crippen LogP) is 2.37. The Kier molecular flexibility index (Phi) is 5.21. The van der Waals surface area contributed by atoms with E-state index in [4.69, 9.17) is 0 Å². The van der Waals surface area contributed by atoms with E-state index in [-0.39, 0.29) is 18.3 Å². The quantitative estimate of drug-likeness (QED) is 0.908. The second kappa shape index (κ2) is 7.36. The molecule has 2 fully saturated rings. The van der Waals surface area contributed by atoms with Crippen LogP contribution in [0.5, 0.6) is 0 Å². The van der Waals surface area contributed by atoms with Crippen LogP contribution in [0.2, 0.25) is 0 Å². The molecule has 0 bridgehead atoms. The molecular weight excluding hydrogens is 324 g/mol. The number of carbonyl (C=O) groups excluding carboxylic acids is 1. The zero-order chi connectivity index (χ0) is 15.6. The van der Waals surface area contributed by atoms with Crippen molar-refractivity contribution in [2.45, 2.75) is 12.8 Å². The molecule has 0 saturated carbocycles. The lowest BCUT2D eigenvalue weighted by molar-refractivity contribution is 0.0758. The van der Waals surface area contributed by atoms with Gasteiger partial charge in [0.05, 0.1) is 17.4 Å². The molecule has 1 N–H and O–H groups in total. The first kappa shape index (κ1) is 17.0. The molecule has 24 heavy (non-hydrogen) atoms. The smallest absolute Gasteiger partial charge is 0.257 e. The van der Waals surface area contributed by atoms with Gasteiger partial charge in [-0.1, -0.05) is 18.2 Å². The fourth-order valence-corrected chi connectivity index (χ4v) is 3.76. The van der Waals surface area contributed by atoms with Crippen LogP contribution in [0.3, 0.4) is 0 Å². The van der Waals surface area contributed by atoms with Crippen LogP contribution in [0.15, 0.2) is 42.7 Å². The van der Waals surface area contributed by atoms with Gasteiger partial charge in [-0.2, -0.15) is 5.10 Å². The molecule has 0 unspecified atom stereocenters. The maximum atomic E-state index is 12.8. The van der Waals surface area contributed by atoms with Crippen LogP contribution >= 0.6 is 12.4 Å². The van der Waals surface area contributed by atoms with Crippen molar-refractivity contribution in [3.63, 3.8) is 0 Å². The van der Waals surface area contributed by atoms with Crippen molar-refractivity contribution in [1.29, 1.82) is 0 Å². The molecule has 2 atom stereocenters. The third-order valence-corrected chi connectivity index (χ3v) is 5.16. The molecule has 0 aliphatic carbocycles. The molecule has 2 saturated heterocycles. The van der Waals surface area contributed by atoms with Gasteiger partial charge in [-0.05, 0) is 49.9 Å². The Balaban J connectivity index is 0.00000169. The molecule has 0 radical (unpaired) electrons. The average Bonchev–Trinajstić information content (AvgIpc) is 3.21. The number of benzene rings is 1. The van der Waals surface area contributed by atoms with E-state index < -0.39 is 0 Å². The topological polar surface area (TPSA) is 50.2 Å². The molecule has 2 aromatic rings. The molecule has 1 aromatic heterocycles. The Morgan fingerprint density at radius 1 is 1.08 bits per heavy atom. The van der Waals surface area contributed by atoms with Gasteiger partial charge in [-0.25, -0.2) is 4.68 Å². The second-order valence-electron chi connectivity index (χ2n) is 6.56. The van der Waals surface area contributed by atoms with E-state index in [9.17, 15) is 4.79 Å². The van der Waals surface area contributed by atoms with E-state index >= 15 is 0 Å². The summed E-state index contributed by atoms with van der Waals surface area (Å²) in [7, 11) is 0. The summed E-state index contributed by atoms with van der Waals surface area (Å²) in [6, 6.07) is 9.89. The van der Waals surface area contributed by atoms with E-state index in [0.717, 1.165) is 56.5 Å². The first-order valence-corrected chi connectivity index (χ1v) is 8.41. The fraction of sp³-hybridized carbons (Fsp3) is 0.444. The van der Waals surface area contributed by atoms with Crippen LogP contribution < -0.4 is 5.32 Å². The average molecular weight is 347 g/mol. The maximum Gasteiger partial charge on any atom is 0.257 e. The third kappa shape index (κ3) is 3.32. The Morgan fingerprint density at radius 2 is 1.75 bits per heavy atom. The van der Waals surface area contributed by atoms with E-state index in [0.29, 0.717) is 5.56 Å². The van der Waals surface area contributed by atoms with Gasteiger partial charge >= 0.3 is 0 Å². The summed E-state index contributed by atoms with van der Waals surface area (Å²) in [5.41, 5.74) is 1.65. The maximum absolute atomic E-state index is 12.8. The first-order chi connectivity index (χ1) is 11.3. The van der Waals surface area contributed by atoms with Gasteiger partial charge < -0.3 is 10.2 Å². The molecular formula is C18H23ClN4O. The number of carbonyl (C=O) groups is 1. The standard InChI is InChI=1S/C18H22N4O.ClH/c23-18(21-8-6-14-10-19-11-15(14)7-9-21)16-12-20-22(13-16)17-4-2-1-3-5-17;/h1-5,12-15,19H,6-11H2;1H/t14-,15+;. The lowest BCUT2D eigenvalue weighted by Gasteiger charge is -2.20. The molecule has 6 heteroatoms. The summed E-state index contributed by atoms with van der Waals surface area (Å²) >= 11 is 0. The minimum Gasteiger partial charge on any atom is -0.339 e. The number of halogens is 1. The Bertz CT molecular complexity index is 673. The summed E-state index contributed by atoms with van der Waals surface area (Å²) < 4.78 is 1.77. The number of nitrogens with one attached hydrogen (secondary N) is 1. The van der Waals surface area contributed by atoms with Gasteiger partial charge in [0.25, 0.3) is 5.91 Å². The lowest BCUT2D eigenvalue weighted by Crippen LogP contribution is -2.32. The number of fused-ring (bicyclic) bond motifs is 1. The largest absolute Gasteiger partial charge is 0.339 e. The Morgan fingerprint density at radius 3 is 2.42 bits per heavy atom. The molecule has 1 amide bonds.